The summed E-state index contributed by atoms with van der Waals surface area (Å²) in [7, 11) is 1.63. The second kappa shape index (κ2) is 8.24. The third kappa shape index (κ3) is 3.64. The predicted octanol–water partition coefficient (Wildman–Crippen LogP) is 5.60. The van der Waals surface area contributed by atoms with Gasteiger partial charge >= 0.3 is 0 Å². The summed E-state index contributed by atoms with van der Waals surface area (Å²) in [4.78, 5) is 18.7. The van der Waals surface area contributed by atoms with Gasteiger partial charge in [0.2, 0.25) is 0 Å². The van der Waals surface area contributed by atoms with Gasteiger partial charge in [0, 0.05) is 18.1 Å². The Morgan fingerprint density at radius 2 is 1.81 bits per heavy atom. The molecule has 0 radical (unpaired) electrons. The van der Waals surface area contributed by atoms with Gasteiger partial charge in [0.15, 0.2) is 0 Å². The van der Waals surface area contributed by atoms with Crippen LogP contribution >= 0.6 is 0 Å². The lowest BCUT2D eigenvalue weighted by atomic mass is 9.53. The number of nitrogens with zero attached hydrogens (tertiary/aromatic N) is 2. The predicted molar refractivity (Wildman–Crippen MR) is 129 cm³/mol. The Morgan fingerprint density at radius 3 is 2.41 bits per heavy atom. The summed E-state index contributed by atoms with van der Waals surface area (Å²) in [6.45, 7) is 4.79. The zero-order valence-electron chi connectivity index (χ0n) is 19.7. The van der Waals surface area contributed by atoms with Crippen molar-refractivity contribution in [1.82, 2.24) is 4.57 Å². The Kier molecular flexibility index (Phi) is 5.55. The van der Waals surface area contributed by atoms with Crippen LogP contribution in [-0.2, 0) is 6.54 Å². The van der Waals surface area contributed by atoms with Crippen LogP contribution in [-0.4, -0.2) is 28.5 Å². The fraction of sp³-hybridized carbons (Fsp3) is 0.630. The molecule has 172 valence electrons. The number of hydrogen-bond acceptors (Lipinski definition) is 4. The van der Waals surface area contributed by atoms with E-state index in [1.807, 2.05) is 23.6 Å². The smallest absolute Gasteiger partial charge is 0.263 e. The standard InChI is InChI=1S/C27H36N2O3/c1-4-5-6-7-29-24-17(2)8-21(32-3)12-22(24)25(30)23(26(29)31)16-28-27-13-18-9-19(14-27)11-20(10-18)15-27/h8,12,16,18-20,30H,4-7,9-11,13-15H2,1-3H3. The van der Waals surface area contributed by atoms with Crippen LogP contribution in [0.1, 0.15) is 75.8 Å². The molecular weight excluding hydrogens is 400 g/mol. The third-order valence-corrected chi connectivity index (χ3v) is 8.22. The zero-order valence-corrected chi connectivity index (χ0v) is 19.7. The minimum atomic E-state index is -0.132. The summed E-state index contributed by atoms with van der Waals surface area (Å²) in [6.07, 6.45) is 12.3. The average molecular weight is 437 g/mol. The first-order valence-electron chi connectivity index (χ1n) is 12.4. The van der Waals surface area contributed by atoms with Crippen molar-refractivity contribution in [3.63, 3.8) is 0 Å². The monoisotopic (exact) mass is 436 g/mol. The highest BCUT2D eigenvalue weighted by atomic mass is 16.5. The molecule has 5 nitrogen and oxygen atoms in total. The van der Waals surface area contributed by atoms with Crippen molar-refractivity contribution in [1.29, 1.82) is 0 Å². The lowest BCUT2D eigenvalue weighted by Gasteiger charge is -2.54. The van der Waals surface area contributed by atoms with E-state index in [1.165, 1.54) is 19.3 Å². The molecule has 6 rings (SSSR count). The first kappa shape index (κ1) is 21.5. The quantitative estimate of drug-likeness (QED) is 0.454. The van der Waals surface area contributed by atoms with Crippen molar-refractivity contribution < 1.29 is 9.84 Å². The van der Waals surface area contributed by atoms with Gasteiger partial charge in [-0.25, -0.2) is 0 Å². The maximum absolute atomic E-state index is 13.6. The fourth-order valence-electron chi connectivity index (χ4n) is 7.17. The molecule has 0 aliphatic heterocycles. The molecule has 0 saturated heterocycles. The molecule has 1 heterocycles. The zero-order chi connectivity index (χ0) is 22.5. The van der Waals surface area contributed by atoms with E-state index in [-0.39, 0.29) is 16.8 Å². The minimum absolute atomic E-state index is 0.0279. The summed E-state index contributed by atoms with van der Waals surface area (Å²) < 4.78 is 7.31. The molecule has 4 fully saturated rings. The van der Waals surface area contributed by atoms with Gasteiger partial charge in [-0.1, -0.05) is 19.8 Å². The second-order valence-electron chi connectivity index (χ2n) is 10.7. The van der Waals surface area contributed by atoms with Gasteiger partial charge in [0.05, 0.1) is 18.2 Å². The van der Waals surface area contributed by atoms with E-state index < -0.39 is 0 Å². The highest BCUT2D eigenvalue weighted by Gasteiger charge is 2.50. The van der Waals surface area contributed by atoms with Crippen LogP contribution in [0, 0.1) is 24.7 Å². The van der Waals surface area contributed by atoms with E-state index in [0.717, 1.165) is 67.4 Å². The van der Waals surface area contributed by atoms with Crippen LogP contribution in [0.5, 0.6) is 11.5 Å². The SMILES string of the molecule is CCCCCn1c(=O)c(C=NC23CC4CC(CC(C4)C2)C3)c(O)c2cc(OC)cc(C)c21. The Balaban J connectivity index is 1.61. The van der Waals surface area contributed by atoms with Crippen LogP contribution in [0.4, 0.5) is 0 Å². The molecule has 4 bridgehead atoms. The van der Waals surface area contributed by atoms with Gasteiger partial charge in [-0.3, -0.25) is 9.79 Å². The van der Waals surface area contributed by atoms with Crippen LogP contribution in [0.25, 0.3) is 10.9 Å². The molecule has 4 aliphatic rings. The molecule has 2 aromatic rings. The topological polar surface area (TPSA) is 63.8 Å². The van der Waals surface area contributed by atoms with E-state index in [4.69, 9.17) is 9.73 Å². The molecule has 4 saturated carbocycles. The fourth-order valence-corrected chi connectivity index (χ4v) is 7.17. The first-order chi connectivity index (χ1) is 15.4. The number of fused-ring (bicyclic) bond motifs is 1. The Labute approximate surface area is 190 Å². The van der Waals surface area contributed by atoms with E-state index in [1.54, 1.807) is 13.3 Å². The molecule has 0 atom stereocenters. The number of aliphatic imine (C=N–C) groups is 1. The molecule has 4 aliphatic carbocycles. The number of rotatable bonds is 7. The molecule has 0 amide bonds. The van der Waals surface area contributed by atoms with Crippen molar-refractivity contribution in [2.75, 3.05) is 7.11 Å². The van der Waals surface area contributed by atoms with Gasteiger partial charge in [-0.05, 0) is 87.3 Å². The normalized spacial score (nSPS) is 28.8. The summed E-state index contributed by atoms with van der Waals surface area (Å²) in [5, 5.41) is 11.9. The molecule has 0 unspecified atom stereocenters. The second-order valence-corrected chi connectivity index (χ2v) is 10.7. The van der Waals surface area contributed by atoms with Crippen LogP contribution in [0.2, 0.25) is 0 Å². The molecular formula is C27H36N2O3. The Hall–Kier alpha value is -2.30. The van der Waals surface area contributed by atoms with Gasteiger partial charge < -0.3 is 14.4 Å². The lowest BCUT2D eigenvalue weighted by molar-refractivity contribution is 0.00194. The molecule has 1 aromatic heterocycles. The minimum Gasteiger partial charge on any atom is -0.506 e. The molecule has 0 spiro atoms. The number of benzene rings is 1. The van der Waals surface area contributed by atoms with Gasteiger partial charge in [-0.2, -0.15) is 0 Å². The summed E-state index contributed by atoms with van der Waals surface area (Å²) in [6, 6.07) is 3.77. The molecule has 32 heavy (non-hydrogen) atoms. The summed E-state index contributed by atoms with van der Waals surface area (Å²) >= 11 is 0. The highest BCUT2D eigenvalue weighted by molar-refractivity contribution is 5.97. The summed E-state index contributed by atoms with van der Waals surface area (Å²) in [5.74, 6) is 3.10. The number of ether oxygens (including phenoxy) is 1. The molecule has 1 N–H and O–H groups in total. The largest absolute Gasteiger partial charge is 0.506 e. The Bertz CT molecular complexity index is 1080. The third-order valence-electron chi connectivity index (χ3n) is 8.22. The lowest BCUT2D eigenvalue weighted by Crippen LogP contribution is -2.49. The maximum atomic E-state index is 13.6. The van der Waals surface area contributed by atoms with Crippen LogP contribution < -0.4 is 10.3 Å². The molecule has 1 aromatic carbocycles. The highest BCUT2D eigenvalue weighted by Crippen LogP contribution is 2.57. The van der Waals surface area contributed by atoms with Crippen LogP contribution in [0.15, 0.2) is 21.9 Å². The summed E-state index contributed by atoms with van der Waals surface area (Å²) in [5.41, 5.74) is 1.91. The Morgan fingerprint density at radius 1 is 1.16 bits per heavy atom. The number of methoxy groups -OCH3 is 1. The van der Waals surface area contributed by atoms with E-state index >= 15 is 0 Å². The maximum Gasteiger partial charge on any atom is 0.263 e. The van der Waals surface area contributed by atoms with Crippen molar-refractivity contribution in [2.24, 2.45) is 22.7 Å². The first-order valence-corrected chi connectivity index (χ1v) is 12.4. The van der Waals surface area contributed by atoms with Gasteiger partial charge in [0.25, 0.3) is 5.56 Å². The van der Waals surface area contributed by atoms with Gasteiger partial charge in [0.1, 0.15) is 17.1 Å². The van der Waals surface area contributed by atoms with E-state index in [2.05, 4.69) is 6.92 Å². The number of aromatic nitrogens is 1. The number of pyridine rings is 1. The molecule has 5 heteroatoms. The number of aromatic hydroxyl groups is 1. The van der Waals surface area contributed by atoms with Gasteiger partial charge in [-0.15, -0.1) is 0 Å². The van der Waals surface area contributed by atoms with Crippen molar-refractivity contribution >= 4 is 17.1 Å². The van der Waals surface area contributed by atoms with E-state index in [0.29, 0.717) is 23.2 Å². The number of unbranched alkanes of at least 4 members (excludes halogenated alkanes) is 2. The van der Waals surface area contributed by atoms with Crippen molar-refractivity contribution in [3.8, 4) is 11.5 Å². The van der Waals surface area contributed by atoms with E-state index in [9.17, 15) is 9.90 Å². The number of aryl methyl sites for hydroxylation is 2. The average Bonchev–Trinajstić information content (AvgIpc) is 2.75. The number of hydrogen-bond donors (Lipinski definition) is 1. The van der Waals surface area contributed by atoms with Crippen LogP contribution in [0.3, 0.4) is 0 Å². The van der Waals surface area contributed by atoms with Crippen molar-refractivity contribution in [2.45, 2.75) is 83.7 Å². The van der Waals surface area contributed by atoms with Crippen molar-refractivity contribution in [3.05, 3.63) is 33.6 Å².